The van der Waals surface area contributed by atoms with Gasteiger partial charge >= 0.3 is 0 Å². The zero-order valence-electron chi connectivity index (χ0n) is 17.9. The molecule has 0 saturated heterocycles. The average Bonchev–Trinajstić information content (AvgIpc) is 2.68. The summed E-state index contributed by atoms with van der Waals surface area (Å²) in [5.74, 6) is 1.28. The first kappa shape index (κ1) is 22.1. The highest BCUT2D eigenvalue weighted by Crippen LogP contribution is 2.48. The van der Waals surface area contributed by atoms with E-state index in [0.29, 0.717) is 5.92 Å². The van der Waals surface area contributed by atoms with Crippen molar-refractivity contribution in [2.75, 3.05) is 5.32 Å². The topological polar surface area (TPSA) is 12.0 Å². The van der Waals surface area contributed by atoms with Gasteiger partial charge in [-0.1, -0.05) is 96.9 Å². The third-order valence-electron chi connectivity index (χ3n) is 6.34. The normalized spacial score (nSPS) is 16.5. The Labute approximate surface area is 172 Å². The van der Waals surface area contributed by atoms with E-state index < -0.39 is 0 Å². The number of para-hydroxylation sites is 1. The molecule has 0 spiro atoms. The number of anilines is 1. The quantitative estimate of drug-likeness (QED) is 0.404. The Kier molecular flexibility index (Phi) is 8.54. The van der Waals surface area contributed by atoms with E-state index in [1.54, 1.807) is 11.8 Å². The fourth-order valence-corrected chi connectivity index (χ4v) is 5.09. The smallest absolute Gasteiger partial charge is 0.0523 e. The number of nitrogens with one attached hydrogen (secondary N) is 1. The molecule has 27 heavy (non-hydrogen) atoms. The third-order valence-corrected chi connectivity index (χ3v) is 7.65. The van der Waals surface area contributed by atoms with Gasteiger partial charge in [0.15, 0.2) is 0 Å². The Morgan fingerprint density at radius 1 is 1.07 bits per heavy atom. The second-order valence-corrected chi connectivity index (χ2v) is 9.72. The van der Waals surface area contributed by atoms with Gasteiger partial charge in [-0.3, -0.25) is 0 Å². The molecule has 0 unspecified atom stereocenters. The molecule has 1 aliphatic rings. The Balaban J connectivity index is 2.21. The molecule has 0 heterocycles. The minimum atomic E-state index is 0.252. The van der Waals surface area contributed by atoms with Crippen LogP contribution in [0.1, 0.15) is 79.1 Å². The number of hydrogen-bond acceptors (Lipinski definition) is 2. The third kappa shape index (κ3) is 5.91. The van der Waals surface area contributed by atoms with Crippen LogP contribution in [0.5, 0.6) is 0 Å². The lowest BCUT2D eigenvalue weighted by atomic mass is 9.66. The van der Waals surface area contributed by atoms with Crippen LogP contribution in [0.4, 0.5) is 5.69 Å². The van der Waals surface area contributed by atoms with E-state index in [9.17, 15) is 0 Å². The Morgan fingerprint density at radius 3 is 2.30 bits per heavy atom. The predicted octanol–water partition coefficient (Wildman–Crippen LogP) is 8.65. The van der Waals surface area contributed by atoms with Gasteiger partial charge in [-0.25, -0.2) is 0 Å². The Hall–Kier alpha value is -1.15. The lowest BCUT2D eigenvalue weighted by Crippen LogP contribution is -2.32. The van der Waals surface area contributed by atoms with Crippen LogP contribution in [0.25, 0.3) is 0 Å². The predicted molar refractivity (Wildman–Crippen MR) is 123 cm³/mol. The van der Waals surface area contributed by atoms with Crippen molar-refractivity contribution >= 4 is 17.4 Å². The fourth-order valence-electron chi connectivity index (χ4n) is 4.20. The summed E-state index contributed by atoms with van der Waals surface area (Å²) in [5, 5.41) is 3.76. The van der Waals surface area contributed by atoms with Crippen LogP contribution in [0.2, 0.25) is 0 Å². The van der Waals surface area contributed by atoms with E-state index in [1.165, 1.54) is 72.6 Å². The van der Waals surface area contributed by atoms with Crippen molar-refractivity contribution in [3.05, 3.63) is 48.0 Å². The van der Waals surface area contributed by atoms with Gasteiger partial charge in [0.05, 0.1) is 5.69 Å². The molecule has 1 nitrogen and oxygen atoms in total. The largest absolute Gasteiger partial charge is 0.358 e. The highest BCUT2D eigenvalue weighted by molar-refractivity contribution is 8.03. The second kappa shape index (κ2) is 10.4. The summed E-state index contributed by atoms with van der Waals surface area (Å²) in [6.07, 6.45) is 10.4. The summed E-state index contributed by atoms with van der Waals surface area (Å²) >= 11 is 1.79. The molecule has 0 bridgehead atoms. The first-order valence-corrected chi connectivity index (χ1v) is 11.7. The number of thioether (sulfide) groups is 1. The van der Waals surface area contributed by atoms with Gasteiger partial charge in [0.2, 0.25) is 0 Å². The summed E-state index contributed by atoms with van der Waals surface area (Å²) in [6, 6.07) is 8.62. The lowest BCUT2D eigenvalue weighted by molar-refractivity contribution is 0.182. The average molecular weight is 386 g/mol. The monoisotopic (exact) mass is 385 g/mol. The van der Waals surface area contributed by atoms with Crippen LogP contribution in [-0.2, 0) is 0 Å². The van der Waals surface area contributed by atoms with Gasteiger partial charge in [0, 0.05) is 16.0 Å². The van der Waals surface area contributed by atoms with E-state index in [2.05, 4.69) is 70.4 Å². The molecule has 0 aromatic heterocycles. The second-order valence-electron chi connectivity index (χ2n) is 8.55. The maximum absolute atomic E-state index is 4.58. The van der Waals surface area contributed by atoms with Crippen LogP contribution in [0, 0.1) is 17.3 Å². The highest BCUT2D eigenvalue weighted by Gasteiger charge is 2.36. The molecular weight excluding hydrogens is 346 g/mol. The maximum atomic E-state index is 4.58. The van der Waals surface area contributed by atoms with Crippen LogP contribution >= 0.6 is 11.8 Å². The molecule has 0 atom stereocenters. The number of benzene rings is 1. The molecule has 150 valence electrons. The molecule has 0 aliphatic heterocycles. The highest BCUT2D eigenvalue weighted by atomic mass is 32.2. The van der Waals surface area contributed by atoms with E-state index in [4.69, 9.17) is 0 Å². The van der Waals surface area contributed by atoms with Gasteiger partial charge in [0.25, 0.3) is 0 Å². The molecular formula is C25H39NS. The SMILES string of the molecule is C=C(Sc1ccccc1NC(=C)C1(CC(CC)CC)CCCCC1)C(C)C. The van der Waals surface area contributed by atoms with Crippen LogP contribution in [0.3, 0.4) is 0 Å². The zero-order chi connectivity index (χ0) is 19.9. The molecule has 2 rings (SSSR count). The minimum Gasteiger partial charge on any atom is -0.358 e. The standard InChI is InChI=1S/C25H39NS/c1-7-22(8-2)18-25(16-12-9-13-17-25)21(6)26-23-14-10-11-15-24(23)27-20(5)19(3)4/h10-11,14-15,19,22,26H,5-9,12-13,16-18H2,1-4H3. The van der Waals surface area contributed by atoms with Gasteiger partial charge < -0.3 is 5.32 Å². The van der Waals surface area contributed by atoms with Crippen LogP contribution in [-0.4, -0.2) is 0 Å². The van der Waals surface area contributed by atoms with Crippen molar-refractivity contribution in [1.82, 2.24) is 0 Å². The van der Waals surface area contributed by atoms with Gasteiger partial charge in [-0.05, 0) is 48.1 Å². The van der Waals surface area contributed by atoms with Gasteiger partial charge in [0.1, 0.15) is 0 Å². The molecule has 0 radical (unpaired) electrons. The molecule has 1 fully saturated rings. The van der Waals surface area contributed by atoms with E-state index in [0.717, 1.165) is 5.92 Å². The molecule has 1 saturated carbocycles. The molecule has 1 N–H and O–H groups in total. The molecule has 2 heteroatoms. The van der Waals surface area contributed by atoms with Crippen molar-refractivity contribution in [2.45, 2.75) is 84.0 Å². The molecule has 1 aromatic carbocycles. The molecule has 1 aromatic rings. The zero-order valence-corrected chi connectivity index (χ0v) is 18.8. The Bertz CT molecular complexity index is 621. The first-order chi connectivity index (χ1) is 12.9. The van der Waals surface area contributed by atoms with Crippen LogP contribution in [0.15, 0.2) is 52.9 Å². The summed E-state index contributed by atoms with van der Waals surface area (Å²) in [5.41, 5.74) is 2.67. The van der Waals surface area contributed by atoms with Gasteiger partial charge in [-0.15, -0.1) is 0 Å². The lowest BCUT2D eigenvalue weighted by Gasteiger charge is -2.42. The van der Waals surface area contributed by atoms with Crippen molar-refractivity contribution in [3.8, 4) is 0 Å². The van der Waals surface area contributed by atoms with E-state index in [-0.39, 0.29) is 5.41 Å². The summed E-state index contributed by atoms with van der Waals surface area (Å²) in [4.78, 5) is 2.46. The fraction of sp³-hybridized carbons (Fsp3) is 0.600. The van der Waals surface area contributed by atoms with Crippen LogP contribution < -0.4 is 5.32 Å². The number of rotatable bonds is 10. The number of hydrogen-bond donors (Lipinski definition) is 1. The van der Waals surface area contributed by atoms with E-state index >= 15 is 0 Å². The van der Waals surface area contributed by atoms with Gasteiger partial charge in [-0.2, -0.15) is 0 Å². The van der Waals surface area contributed by atoms with Crippen molar-refractivity contribution in [2.24, 2.45) is 17.3 Å². The first-order valence-electron chi connectivity index (χ1n) is 10.8. The number of allylic oxidation sites excluding steroid dienone is 2. The summed E-state index contributed by atoms with van der Waals surface area (Å²) in [6.45, 7) is 17.9. The van der Waals surface area contributed by atoms with Crippen molar-refractivity contribution in [3.63, 3.8) is 0 Å². The Morgan fingerprint density at radius 2 is 1.70 bits per heavy atom. The van der Waals surface area contributed by atoms with Crippen molar-refractivity contribution < 1.29 is 0 Å². The maximum Gasteiger partial charge on any atom is 0.0523 e. The van der Waals surface area contributed by atoms with E-state index in [1.807, 2.05) is 0 Å². The molecule has 1 aliphatic carbocycles. The van der Waals surface area contributed by atoms with Crippen molar-refractivity contribution in [1.29, 1.82) is 0 Å². The molecule has 0 amide bonds. The summed E-state index contributed by atoms with van der Waals surface area (Å²) in [7, 11) is 0. The summed E-state index contributed by atoms with van der Waals surface area (Å²) < 4.78 is 0. The minimum absolute atomic E-state index is 0.252.